The lowest BCUT2D eigenvalue weighted by Crippen LogP contribution is -2.13. The van der Waals surface area contributed by atoms with Crippen LogP contribution in [0.4, 0.5) is 5.82 Å². The van der Waals surface area contributed by atoms with Gasteiger partial charge >= 0.3 is 0 Å². The highest BCUT2D eigenvalue weighted by molar-refractivity contribution is 14.1. The molecule has 0 unspecified atom stereocenters. The molecule has 2 rings (SSSR count). The second-order valence-corrected chi connectivity index (χ2v) is 4.66. The minimum Gasteiger partial charge on any atom is -0.383 e. The highest BCUT2D eigenvalue weighted by atomic mass is 127. The van der Waals surface area contributed by atoms with E-state index >= 15 is 0 Å². The molecule has 1 heterocycles. The highest BCUT2D eigenvalue weighted by Crippen LogP contribution is 2.39. The van der Waals surface area contributed by atoms with Crippen molar-refractivity contribution in [1.29, 1.82) is 0 Å². The van der Waals surface area contributed by atoms with Crippen molar-refractivity contribution in [3.8, 4) is 0 Å². The van der Waals surface area contributed by atoms with E-state index in [-0.39, 0.29) is 6.04 Å². The highest BCUT2D eigenvalue weighted by Gasteiger charge is 2.29. The van der Waals surface area contributed by atoms with Crippen LogP contribution in [0.2, 0.25) is 0 Å². The van der Waals surface area contributed by atoms with Crippen LogP contribution in [-0.4, -0.2) is 4.98 Å². The van der Waals surface area contributed by atoms with Gasteiger partial charge in [-0.1, -0.05) is 0 Å². The van der Waals surface area contributed by atoms with Crippen molar-refractivity contribution in [2.75, 3.05) is 5.73 Å². The fourth-order valence-electron chi connectivity index (χ4n) is 1.37. The number of rotatable bonds is 2. The van der Waals surface area contributed by atoms with E-state index in [0.29, 0.717) is 11.7 Å². The number of anilines is 1. The quantitative estimate of drug-likeness (QED) is 0.814. The minimum absolute atomic E-state index is 0.154. The van der Waals surface area contributed by atoms with Gasteiger partial charge in [-0.05, 0) is 53.0 Å². The van der Waals surface area contributed by atoms with E-state index in [1.165, 1.54) is 12.8 Å². The molecule has 1 fully saturated rings. The first-order valence-corrected chi connectivity index (χ1v) is 5.43. The fraction of sp³-hybridized carbons (Fsp3) is 0.444. The van der Waals surface area contributed by atoms with Crippen LogP contribution in [-0.2, 0) is 0 Å². The maximum Gasteiger partial charge on any atom is 0.136 e. The topological polar surface area (TPSA) is 64.9 Å². The summed E-state index contributed by atoms with van der Waals surface area (Å²) in [6.07, 6.45) is 4.30. The number of nitrogens with zero attached hydrogens (tertiary/aromatic N) is 1. The van der Waals surface area contributed by atoms with Gasteiger partial charge in [0.2, 0.25) is 0 Å². The van der Waals surface area contributed by atoms with Gasteiger partial charge in [0.05, 0.1) is 3.57 Å². The number of nitrogen functional groups attached to an aromatic ring is 1. The van der Waals surface area contributed by atoms with E-state index in [1.54, 1.807) is 6.20 Å². The maximum atomic E-state index is 6.04. The van der Waals surface area contributed by atoms with Gasteiger partial charge in [-0.15, -0.1) is 0 Å². The summed E-state index contributed by atoms with van der Waals surface area (Å²) in [5.41, 5.74) is 12.8. The van der Waals surface area contributed by atoms with Crippen molar-refractivity contribution in [3.63, 3.8) is 0 Å². The monoisotopic (exact) mass is 289 g/mol. The van der Waals surface area contributed by atoms with Crippen LogP contribution in [0, 0.1) is 9.49 Å². The number of nitrogens with two attached hydrogens (primary N) is 2. The molecular weight excluding hydrogens is 277 g/mol. The molecule has 0 bridgehead atoms. The molecular formula is C9H12IN3. The number of pyridine rings is 1. The summed E-state index contributed by atoms with van der Waals surface area (Å²) in [4.78, 5) is 4.10. The molecule has 4 heteroatoms. The standard InChI is InChI=1S/C9H12IN3/c10-7-3-6(4-13-9(7)12)8(11)5-1-2-5/h3-5,8H,1-2,11H2,(H2,12,13)/t8-/m0/s1. The van der Waals surface area contributed by atoms with Crippen molar-refractivity contribution >= 4 is 28.4 Å². The largest absolute Gasteiger partial charge is 0.383 e. The molecule has 1 aliphatic rings. The summed E-state index contributed by atoms with van der Waals surface area (Å²) in [7, 11) is 0. The third-order valence-electron chi connectivity index (χ3n) is 2.41. The lowest BCUT2D eigenvalue weighted by Gasteiger charge is -2.10. The lowest BCUT2D eigenvalue weighted by atomic mass is 10.1. The average molecular weight is 289 g/mol. The zero-order chi connectivity index (χ0) is 9.42. The molecule has 0 spiro atoms. The molecule has 70 valence electrons. The Morgan fingerprint density at radius 1 is 1.54 bits per heavy atom. The van der Waals surface area contributed by atoms with Crippen molar-refractivity contribution in [2.45, 2.75) is 18.9 Å². The molecule has 4 N–H and O–H groups in total. The Morgan fingerprint density at radius 3 is 2.77 bits per heavy atom. The number of hydrogen-bond donors (Lipinski definition) is 2. The first-order chi connectivity index (χ1) is 6.18. The van der Waals surface area contributed by atoms with E-state index in [0.717, 1.165) is 9.13 Å². The van der Waals surface area contributed by atoms with Gasteiger partial charge in [-0.2, -0.15) is 0 Å². The van der Waals surface area contributed by atoms with E-state index in [4.69, 9.17) is 11.5 Å². The van der Waals surface area contributed by atoms with E-state index < -0.39 is 0 Å². The van der Waals surface area contributed by atoms with Crippen LogP contribution in [0.3, 0.4) is 0 Å². The zero-order valence-corrected chi connectivity index (χ0v) is 9.36. The number of aromatic nitrogens is 1. The number of halogens is 1. The van der Waals surface area contributed by atoms with Crippen molar-refractivity contribution in [3.05, 3.63) is 21.4 Å². The SMILES string of the molecule is Nc1ncc([C@@H](N)C2CC2)cc1I. The van der Waals surface area contributed by atoms with Gasteiger partial charge in [-0.25, -0.2) is 4.98 Å². The molecule has 1 aromatic heterocycles. The fourth-order valence-corrected chi connectivity index (χ4v) is 1.87. The summed E-state index contributed by atoms with van der Waals surface area (Å²) in [5.74, 6) is 1.26. The average Bonchev–Trinajstić information content (AvgIpc) is 2.91. The third kappa shape index (κ3) is 1.94. The summed E-state index contributed by atoms with van der Waals surface area (Å²) >= 11 is 2.18. The first-order valence-electron chi connectivity index (χ1n) is 4.35. The van der Waals surface area contributed by atoms with Crippen molar-refractivity contribution in [1.82, 2.24) is 4.98 Å². The maximum absolute atomic E-state index is 6.04. The molecule has 3 nitrogen and oxygen atoms in total. The Labute approximate surface area is 91.0 Å². The molecule has 1 atom stereocenters. The van der Waals surface area contributed by atoms with Gasteiger partial charge < -0.3 is 11.5 Å². The van der Waals surface area contributed by atoms with Gasteiger partial charge in [0, 0.05) is 12.2 Å². The van der Waals surface area contributed by atoms with E-state index in [9.17, 15) is 0 Å². The van der Waals surface area contributed by atoms with Crippen LogP contribution >= 0.6 is 22.6 Å². The van der Waals surface area contributed by atoms with Crippen LogP contribution in [0.25, 0.3) is 0 Å². The molecule has 0 aliphatic heterocycles. The molecule has 1 saturated carbocycles. The van der Waals surface area contributed by atoms with Gasteiger partial charge in [-0.3, -0.25) is 0 Å². The molecule has 0 radical (unpaired) electrons. The second kappa shape index (κ2) is 3.42. The van der Waals surface area contributed by atoms with E-state index in [2.05, 4.69) is 27.6 Å². The Hall–Kier alpha value is -0.360. The third-order valence-corrected chi connectivity index (χ3v) is 3.27. The van der Waals surface area contributed by atoms with Gasteiger partial charge in [0.25, 0.3) is 0 Å². The van der Waals surface area contributed by atoms with Gasteiger partial charge in [0.1, 0.15) is 5.82 Å². The Bertz CT molecular complexity index is 323. The molecule has 0 aromatic carbocycles. The summed E-state index contributed by atoms with van der Waals surface area (Å²) in [5, 5.41) is 0. The minimum atomic E-state index is 0.154. The molecule has 13 heavy (non-hydrogen) atoms. The predicted molar refractivity (Wildman–Crippen MR) is 61.0 cm³/mol. The van der Waals surface area contributed by atoms with Crippen molar-refractivity contribution < 1.29 is 0 Å². The van der Waals surface area contributed by atoms with Crippen LogP contribution in [0.1, 0.15) is 24.4 Å². The molecule has 1 aromatic rings. The summed E-state index contributed by atoms with van der Waals surface area (Å²) < 4.78 is 0.992. The van der Waals surface area contributed by atoms with Crippen LogP contribution < -0.4 is 11.5 Å². The molecule has 0 saturated heterocycles. The summed E-state index contributed by atoms with van der Waals surface area (Å²) in [6.45, 7) is 0. The zero-order valence-electron chi connectivity index (χ0n) is 7.20. The van der Waals surface area contributed by atoms with E-state index in [1.807, 2.05) is 6.07 Å². The first kappa shape index (κ1) is 9.21. The molecule has 1 aliphatic carbocycles. The Morgan fingerprint density at radius 2 is 2.23 bits per heavy atom. The van der Waals surface area contributed by atoms with Gasteiger partial charge in [0.15, 0.2) is 0 Å². The van der Waals surface area contributed by atoms with Crippen LogP contribution in [0.15, 0.2) is 12.3 Å². The normalized spacial score (nSPS) is 18.6. The number of hydrogen-bond acceptors (Lipinski definition) is 3. The smallest absolute Gasteiger partial charge is 0.136 e. The molecule has 0 amide bonds. The predicted octanol–water partition coefficient (Wildman–Crippen LogP) is 1.68. The van der Waals surface area contributed by atoms with Crippen molar-refractivity contribution in [2.24, 2.45) is 11.7 Å². The second-order valence-electron chi connectivity index (χ2n) is 3.50. The summed E-state index contributed by atoms with van der Waals surface area (Å²) in [6, 6.07) is 2.19. The Balaban J connectivity index is 2.24. The Kier molecular flexibility index (Phi) is 2.42. The lowest BCUT2D eigenvalue weighted by molar-refractivity contribution is 0.631. The van der Waals surface area contributed by atoms with Crippen LogP contribution in [0.5, 0.6) is 0 Å².